The van der Waals surface area contributed by atoms with Crippen molar-refractivity contribution in [3.8, 4) is 34.5 Å². The molecule has 0 saturated heterocycles. The molecule has 0 aliphatic heterocycles. The van der Waals surface area contributed by atoms with Gasteiger partial charge in [-0.15, -0.1) is 0 Å². The molecule has 14 nitrogen and oxygen atoms in total. The van der Waals surface area contributed by atoms with Crippen LogP contribution in [0.5, 0.6) is 34.5 Å². The molecule has 14 heteroatoms. The fraction of sp³-hybridized carbons (Fsp3) is 0.222. The number of carbonyl (C=O) groups excluding carboxylic acids is 4. The lowest BCUT2D eigenvalue weighted by Gasteiger charge is -2.43. The van der Waals surface area contributed by atoms with Gasteiger partial charge in [-0.2, -0.15) is 0 Å². The molecule has 0 aromatic heterocycles. The Morgan fingerprint density at radius 3 is 1.24 bits per heavy atom. The molecule has 0 bridgehead atoms. The maximum atomic E-state index is 13.1. The molecule has 0 radical (unpaired) electrons. The van der Waals surface area contributed by atoms with Crippen molar-refractivity contribution < 1.29 is 68.8 Å². The maximum Gasteiger partial charge on any atom is 0.331 e. The number of benzene rings is 3. The number of methoxy groups -OCH3 is 1. The molecule has 3 aromatic rings. The number of carbonyl (C=O) groups is 4. The summed E-state index contributed by atoms with van der Waals surface area (Å²) in [7, 11) is 1.15. The molecule has 0 spiro atoms. The van der Waals surface area contributed by atoms with Crippen LogP contribution in [0.2, 0.25) is 0 Å². The van der Waals surface area contributed by atoms with E-state index in [-0.39, 0.29) is 30.1 Å². The molecule has 262 valence electrons. The number of phenols is 6. The Labute approximate surface area is 285 Å². The number of hydrogen-bond donors (Lipinski definition) is 6. The molecule has 2 atom stereocenters. The zero-order valence-corrected chi connectivity index (χ0v) is 26.8. The summed E-state index contributed by atoms with van der Waals surface area (Å²) in [6.07, 6.45) is 2.20. The van der Waals surface area contributed by atoms with E-state index in [0.717, 1.165) is 25.3 Å². The Kier molecular flexibility index (Phi) is 11.4. The summed E-state index contributed by atoms with van der Waals surface area (Å²) < 4.78 is 22.0. The van der Waals surface area contributed by atoms with Crippen LogP contribution in [0, 0.1) is 5.41 Å². The van der Waals surface area contributed by atoms with Crippen LogP contribution in [0.15, 0.2) is 72.8 Å². The van der Waals surface area contributed by atoms with Crippen molar-refractivity contribution in [2.45, 2.75) is 38.1 Å². The Morgan fingerprint density at radius 1 is 0.580 bits per heavy atom. The van der Waals surface area contributed by atoms with Crippen molar-refractivity contribution in [1.82, 2.24) is 0 Å². The van der Waals surface area contributed by atoms with E-state index < -0.39 is 64.9 Å². The van der Waals surface area contributed by atoms with E-state index >= 15 is 0 Å². The van der Waals surface area contributed by atoms with E-state index in [1.165, 1.54) is 79.7 Å². The molecule has 50 heavy (non-hydrogen) atoms. The Balaban J connectivity index is 1.64. The number of phenolic OH excluding ortho intramolecular Hbond substituents is 6. The van der Waals surface area contributed by atoms with Gasteiger partial charge in [-0.25, -0.2) is 14.4 Å². The minimum absolute atomic E-state index is 0.219. The number of esters is 4. The first-order valence-corrected chi connectivity index (χ1v) is 15.0. The summed E-state index contributed by atoms with van der Waals surface area (Å²) in [5, 5.41) is 57.9. The average molecular weight is 691 g/mol. The van der Waals surface area contributed by atoms with Crippen molar-refractivity contribution >= 4 is 42.1 Å². The summed E-state index contributed by atoms with van der Waals surface area (Å²) in [4.78, 5) is 52.1. The van der Waals surface area contributed by atoms with Gasteiger partial charge in [-0.05, 0) is 78.2 Å². The van der Waals surface area contributed by atoms with Crippen LogP contribution in [0.1, 0.15) is 36.5 Å². The first-order valence-electron chi connectivity index (χ1n) is 15.0. The first-order chi connectivity index (χ1) is 23.7. The van der Waals surface area contributed by atoms with E-state index in [1.54, 1.807) is 0 Å². The number of aromatic hydroxyl groups is 6. The number of hydrogen-bond acceptors (Lipinski definition) is 14. The summed E-state index contributed by atoms with van der Waals surface area (Å²) in [5.41, 5.74) is -0.421. The van der Waals surface area contributed by atoms with Gasteiger partial charge in [-0.3, -0.25) is 4.79 Å². The first kappa shape index (κ1) is 36.4. The van der Waals surface area contributed by atoms with Gasteiger partial charge in [0.1, 0.15) is 12.2 Å². The highest BCUT2D eigenvalue weighted by Gasteiger charge is 2.53. The van der Waals surface area contributed by atoms with Gasteiger partial charge < -0.3 is 49.6 Å². The van der Waals surface area contributed by atoms with Crippen LogP contribution >= 0.6 is 0 Å². The minimum atomic E-state index is -1.46. The second kappa shape index (κ2) is 15.6. The summed E-state index contributed by atoms with van der Waals surface area (Å²) in [6.45, 7) is 1.50. The van der Waals surface area contributed by atoms with Crippen molar-refractivity contribution in [2.75, 3.05) is 7.11 Å². The third kappa shape index (κ3) is 9.34. The fourth-order valence-electron chi connectivity index (χ4n) is 5.20. The molecular weight excluding hydrogens is 656 g/mol. The van der Waals surface area contributed by atoms with Crippen LogP contribution in [0.25, 0.3) is 18.2 Å². The van der Waals surface area contributed by atoms with E-state index in [0.29, 0.717) is 16.7 Å². The molecule has 1 aliphatic rings. The van der Waals surface area contributed by atoms with Crippen LogP contribution in [0.4, 0.5) is 0 Å². The lowest BCUT2D eigenvalue weighted by atomic mass is 9.71. The van der Waals surface area contributed by atoms with Crippen molar-refractivity contribution in [2.24, 2.45) is 5.41 Å². The lowest BCUT2D eigenvalue weighted by Crippen LogP contribution is -2.55. The maximum absolute atomic E-state index is 13.1. The normalized spacial score (nSPS) is 20.5. The molecule has 6 N–H and O–H groups in total. The van der Waals surface area contributed by atoms with E-state index in [4.69, 9.17) is 18.9 Å². The average Bonchev–Trinajstić information content (AvgIpc) is 3.07. The molecule has 3 aromatic carbocycles. The smallest absolute Gasteiger partial charge is 0.331 e. The number of ether oxygens (including phenoxy) is 4. The van der Waals surface area contributed by atoms with Crippen molar-refractivity contribution in [1.29, 1.82) is 0 Å². The minimum Gasteiger partial charge on any atom is -0.504 e. The standard InChI is InChI=1S/C36H34O14/c1-36(35(46)47-2)18-29(48-31(43)12-6-20-3-9-23(37)26(40)15-20)34(50-33(45)14-8-22-5-11-25(39)28(42)17-22)30(19-36)49-32(44)13-7-21-4-10-24(38)27(41)16-21/h3-17,29-30,34,37-42H,18-19H2,1-2H3/b12-6+,13-7+,14-8+/t29-,30-,34-,36-/m1/s1. The molecular formula is C36H34O14. The Bertz CT molecular complexity index is 1770. The molecule has 1 fully saturated rings. The SMILES string of the molecule is COC(=O)[C@]1(C)C[C@@H](OC(=O)/C=C/c2ccc(O)c(O)c2)[C@@H](OC(=O)/C=C/c2ccc(O)c(O)c2)[C@H](OC(=O)/C=C/c2ccc(O)c(O)c2)C1. The highest BCUT2D eigenvalue weighted by Crippen LogP contribution is 2.41. The lowest BCUT2D eigenvalue weighted by molar-refractivity contribution is -0.200. The quantitative estimate of drug-likeness (QED) is 0.0763. The highest BCUT2D eigenvalue weighted by molar-refractivity contribution is 5.89. The van der Waals surface area contributed by atoms with Crippen LogP contribution < -0.4 is 0 Å². The molecule has 1 aliphatic carbocycles. The van der Waals surface area contributed by atoms with Crippen molar-refractivity contribution in [3.05, 3.63) is 89.5 Å². The highest BCUT2D eigenvalue weighted by atomic mass is 16.6. The number of rotatable bonds is 10. The van der Waals surface area contributed by atoms with Gasteiger partial charge in [0.15, 0.2) is 40.6 Å². The van der Waals surface area contributed by atoms with Gasteiger partial charge in [0, 0.05) is 31.1 Å². The largest absolute Gasteiger partial charge is 0.504 e. The predicted octanol–water partition coefficient (Wildman–Crippen LogP) is 4.07. The second-order valence-electron chi connectivity index (χ2n) is 11.6. The third-order valence-corrected chi connectivity index (χ3v) is 7.74. The third-order valence-electron chi connectivity index (χ3n) is 7.74. The van der Waals surface area contributed by atoms with Crippen LogP contribution in [-0.2, 0) is 38.1 Å². The van der Waals surface area contributed by atoms with Crippen LogP contribution in [-0.4, -0.2) is 79.9 Å². The van der Waals surface area contributed by atoms with Crippen LogP contribution in [0.3, 0.4) is 0 Å². The molecule has 0 heterocycles. The monoisotopic (exact) mass is 690 g/mol. The van der Waals surface area contributed by atoms with E-state index in [2.05, 4.69) is 0 Å². The second-order valence-corrected chi connectivity index (χ2v) is 11.6. The predicted molar refractivity (Wildman–Crippen MR) is 175 cm³/mol. The molecule has 1 saturated carbocycles. The molecule has 0 amide bonds. The summed E-state index contributed by atoms with van der Waals surface area (Å²) in [5.74, 6) is -6.00. The van der Waals surface area contributed by atoms with Gasteiger partial charge in [0.25, 0.3) is 0 Å². The van der Waals surface area contributed by atoms with Gasteiger partial charge in [0.2, 0.25) is 0 Å². The van der Waals surface area contributed by atoms with E-state index in [1.807, 2.05) is 0 Å². The zero-order valence-electron chi connectivity index (χ0n) is 26.8. The van der Waals surface area contributed by atoms with Gasteiger partial charge >= 0.3 is 23.9 Å². The van der Waals surface area contributed by atoms with Crippen molar-refractivity contribution in [3.63, 3.8) is 0 Å². The zero-order chi connectivity index (χ0) is 36.6. The summed E-state index contributed by atoms with van der Waals surface area (Å²) >= 11 is 0. The summed E-state index contributed by atoms with van der Waals surface area (Å²) in [6, 6.07) is 11.5. The Morgan fingerprint density at radius 2 is 0.920 bits per heavy atom. The van der Waals surface area contributed by atoms with Gasteiger partial charge in [0.05, 0.1) is 12.5 Å². The van der Waals surface area contributed by atoms with Gasteiger partial charge in [-0.1, -0.05) is 18.2 Å². The Hall–Kier alpha value is -6.44. The molecule has 0 unspecified atom stereocenters. The fourth-order valence-corrected chi connectivity index (χ4v) is 5.20. The molecule has 4 rings (SSSR count). The topological polar surface area (TPSA) is 227 Å². The van der Waals surface area contributed by atoms with E-state index in [9.17, 15) is 49.8 Å².